The molecule has 14 nitrogen and oxygen atoms in total. The fraction of sp³-hybridized carbons (Fsp3) is 0.349. The molecule has 0 spiro atoms. The number of nitrogens with one attached hydrogen (secondary N) is 1. The predicted octanol–water partition coefficient (Wildman–Crippen LogP) is 6.88. The zero-order chi connectivity index (χ0) is 43.8. The third-order valence-electron chi connectivity index (χ3n) is 11.4. The maximum Gasteiger partial charge on any atom is 0.294 e. The van der Waals surface area contributed by atoms with Crippen LogP contribution in [0.4, 0.5) is 11.4 Å². The molecule has 60 heavy (non-hydrogen) atoms. The molecule has 0 saturated carbocycles. The standard InChI is InChI=1S/C43H50N4O10S3/c1-42(2)37(46(24-10-6-9-15-39(48)45-44)35-22-16-29-27-31(59(52,53)54)18-20-33(29)40(35)42)13-7-5-8-14-38-43(3,4)41-34-21-19-32(60(55,56)57)28-30(34)17-23-36(41)47(38)25-11-12-26-58(49,50)51/h5,7-8,13-14,16-23,27-28H,6,9-12,15,24-26,44H2,1-4H3,(H3-,45,48,49,50,51,52,53,54,55,56,57)/p+1. The van der Waals surface area contributed by atoms with Crippen LogP contribution >= 0.6 is 0 Å². The first-order valence-electron chi connectivity index (χ1n) is 19.6. The number of unbranched alkanes of at least 4 members (excludes halogenated alkanes) is 3. The maximum atomic E-state index is 12.0. The molecule has 2 heterocycles. The Bertz CT molecular complexity index is 2840. The Kier molecular flexibility index (Phi) is 12.7. The van der Waals surface area contributed by atoms with Crippen LogP contribution in [0, 0.1) is 0 Å². The quantitative estimate of drug-likeness (QED) is 0.0148. The van der Waals surface area contributed by atoms with Gasteiger partial charge in [0.05, 0.1) is 21.0 Å². The van der Waals surface area contributed by atoms with Gasteiger partial charge in [0.15, 0.2) is 5.71 Å². The van der Waals surface area contributed by atoms with Gasteiger partial charge < -0.3 is 4.90 Å². The van der Waals surface area contributed by atoms with Gasteiger partial charge in [0.25, 0.3) is 30.4 Å². The molecule has 0 fully saturated rings. The lowest BCUT2D eigenvalue weighted by molar-refractivity contribution is -0.438. The topological polar surface area (TPSA) is 224 Å². The molecule has 0 aromatic heterocycles. The summed E-state index contributed by atoms with van der Waals surface area (Å²) in [5.74, 6) is 4.68. The number of nitrogens with zero attached hydrogens (tertiary/aromatic N) is 2. The first-order valence-corrected chi connectivity index (χ1v) is 24.1. The molecule has 0 atom stereocenters. The van der Waals surface area contributed by atoms with Crippen LogP contribution in [-0.2, 0) is 46.0 Å². The second kappa shape index (κ2) is 17.0. The lowest BCUT2D eigenvalue weighted by Crippen LogP contribution is -2.29. The number of carbonyl (C=O) groups excluding carboxylic acids is 1. The summed E-state index contributed by atoms with van der Waals surface area (Å²) in [4.78, 5) is 13.4. The largest absolute Gasteiger partial charge is 0.344 e. The minimum Gasteiger partial charge on any atom is -0.344 e. The van der Waals surface area contributed by atoms with Crippen molar-refractivity contribution in [2.45, 2.75) is 86.8 Å². The Morgan fingerprint density at radius 1 is 0.733 bits per heavy atom. The third-order valence-corrected chi connectivity index (χ3v) is 13.9. The summed E-state index contributed by atoms with van der Waals surface area (Å²) in [6.45, 7) is 9.45. The van der Waals surface area contributed by atoms with Crippen LogP contribution in [0.25, 0.3) is 21.5 Å². The van der Waals surface area contributed by atoms with Crippen molar-refractivity contribution in [3.8, 4) is 0 Å². The Hall–Kier alpha value is -4.75. The average molecular weight is 880 g/mol. The highest BCUT2D eigenvalue weighted by Crippen LogP contribution is 2.51. The van der Waals surface area contributed by atoms with Crippen LogP contribution in [0.5, 0.6) is 0 Å². The van der Waals surface area contributed by atoms with Gasteiger partial charge in [-0.15, -0.1) is 0 Å². The van der Waals surface area contributed by atoms with E-state index in [2.05, 4.69) is 48.7 Å². The highest BCUT2D eigenvalue weighted by molar-refractivity contribution is 7.86. The van der Waals surface area contributed by atoms with Crippen molar-refractivity contribution in [3.05, 3.63) is 108 Å². The number of amides is 1. The highest BCUT2D eigenvalue weighted by Gasteiger charge is 2.45. The number of fused-ring (bicyclic) bond motifs is 6. The van der Waals surface area contributed by atoms with Crippen LogP contribution < -0.4 is 16.2 Å². The number of allylic oxidation sites excluding steroid dienone is 6. The van der Waals surface area contributed by atoms with E-state index in [-0.39, 0.29) is 27.9 Å². The van der Waals surface area contributed by atoms with Crippen molar-refractivity contribution in [3.63, 3.8) is 0 Å². The van der Waals surface area contributed by atoms with Crippen molar-refractivity contribution < 1.29 is 48.3 Å². The fourth-order valence-electron chi connectivity index (χ4n) is 8.66. The van der Waals surface area contributed by atoms with E-state index in [1.165, 1.54) is 24.3 Å². The zero-order valence-electron chi connectivity index (χ0n) is 33.9. The van der Waals surface area contributed by atoms with Gasteiger partial charge in [-0.25, -0.2) is 5.84 Å². The first-order chi connectivity index (χ1) is 28.1. The summed E-state index contributed by atoms with van der Waals surface area (Å²) in [5.41, 5.74) is 6.79. The molecule has 0 bridgehead atoms. The summed E-state index contributed by atoms with van der Waals surface area (Å²) in [7, 11) is -12.9. The van der Waals surface area contributed by atoms with Crippen LogP contribution in [0.1, 0.15) is 77.3 Å². The first kappa shape index (κ1) is 44.8. The van der Waals surface area contributed by atoms with Gasteiger partial charge in [0.2, 0.25) is 11.6 Å². The van der Waals surface area contributed by atoms with E-state index < -0.39 is 41.2 Å². The van der Waals surface area contributed by atoms with Crippen molar-refractivity contribution in [1.29, 1.82) is 0 Å². The molecule has 320 valence electrons. The van der Waals surface area contributed by atoms with E-state index in [4.69, 9.17) is 5.84 Å². The molecule has 0 aliphatic carbocycles. The number of anilines is 1. The highest BCUT2D eigenvalue weighted by atomic mass is 32.2. The van der Waals surface area contributed by atoms with Gasteiger partial charge in [-0.05, 0) is 109 Å². The summed E-state index contributed by atoms with van der Waals surface area (Å²) < 4.78 is 102. The summed E-state index contributed by atoms with van der Waals surface area (Å²) in [6.07, 6.45) is 13.1. The number of hydrogen-bond acceptors (Lipinski definition) is 9. The lowest BCUT2D eigenvalue weighted by Gasteiger charge is -2.27. The third kappa shape index (κ3) is 9.27. The fourth-order valence-corrected chi connectivity index (χ4v) is 10.3. The van der Waals surface area contributed by atoms with Crippen LogP contribution in [0.15, 0.2) is 107 Å². The van der Waals surface area contributed by atoms with Gasteiger partial charge >= 0.3 is 0 Å². The van der Waals surface area contributed by atoms with E-state index in [1.54, 1.807) is 18.2 Å². The normalized spacial score (nSPS) is 17.1. The summed E-state index contributed by atoms with van der Waals surface area (Å²) in [5, 5.41) is 2.98. The summed E-state index contributed by atoms with van der Waals surface area (Å²) >= 11 is 0. The molecule has 0 saturated heterocycles. The van der Waals surface area contributed by atoms with E-state index in [9.17, 15) is 43.7 Å². The van der Waals surface area contributed by atoms with Crippen molar-refractivity contribution >= 4 is 74.9 Å². The van der Waals surface area contributed by atoms with Gasteiger partial charge in [0.1, 0.15) is 6.54 Å². The Morgan fingerprint density at radius 3 is 1.95 bits per heavy atom. The molecule has 2 aliphatic heterocycles. The monoisotopic (exact) mass is 879 g/mol. The SMILES string of the molecule is CC1(C)C(/C=C/C=C/C=C2\N(CCCCS(=O)(=O)O)c3ccc4cc(S(=O)(=O)O)ccc4c3C2(C)C)=[N+](CCCCCC(=O)NN)c2ccc3cc(S(=O)(=O)O)ccc3c21. The minimum absolute atomic E-state index is 0.183. The molecule has 6 N–H and O–H groups in total. The van der Waals surface area contributed by atoms with Crippen molar-refractivity contribution in [2.24, 2.45) is 5.84 Å². The second-order valence-corrected chi connectivity index (χ2v) is 20.7. The lowest BCUT2D eigenvalue weighted by atomic mass is 9.79. The Morgan fingerprint density at radius 2 is 1.35 bits per heavy atom. The number of hydrogen-bond donors (Lipinski definition) is 5. The van der Waals surface area contributed by atoms with Crippen LogP contribution in [0.3, 0.4) is 0 Å². The van der Waals surface area contributed by atoms with E-state index in [1.807, 2.05) is 42.5 Å². The number of hydrazine groups is 1. The van der Waals surface area contributed by atoms with Gasteiger partial charge in [0, 0.05) is 53.9 Å². The number of benzene rings is 4. The van der Waals surface area contributed by atoms with E-state index in [0.717, 1.165) is 57.5 Å². The Labute approximate surface area is 351 Å². The molecule has 0 radical (unpaired) electrons. The van der Waals surface area contributed by atoms with Crippen LogP contribution in [0.2, 0.25) is 0 Å². The zero-order valence-corrected chi connectivity index (χ0v) is 36.4. The minimum atomic E-state index is -4.42. The van der Waals surface area contributed by atoms with Crippen molar-refractivity contribution in [2.75, 3.05) is 23.7 Å². The number of rotatable bonds is 16. The average Bonchev–Trinajstić information content (AvgIpc) is 3.52. The van der Waals surface area contributed by atoms with Gasteiger partial charge in [-0.3, -0.25) is 23.9 Å². The molecule has 1 amide bonds. The molecule has 4 aromatic rings. The molecule has 0 unspecified atom stereocenters. The molecule has 4 aromatic carbocycles. The predicted molar refractivity (Wildman–Crippen MR) is 234 cm³/mol. The molecular formula is C43H51N4O10S3+. The van der Waals surface area contributed by atoms with Crippen molar-refractivity contribution in [1.82, 2.24) is 5.43 Å². The van der Waals surface area contributed by atoms with Gasteiger partial charge in [-0.2, -0.15) is 29.8 Å². The maximum absolute atomic E-state index is 12.0. The smallest absolute Gasteiger partial charge is 0.294 e. The molecule has 6 rings (SSSR count). The number of carbonyl (C=O) groups is 1. The summed E-state index contributed by atoms with van der Waals surface area (Å²) in [6, 6.07) is 16.6. The molecule has 2 aliphatic rings. The molecular weight excluding hydrogens is 829 g/mol. The van der Waals surface area contributed by atoms with E-state index >= 15 is 0 Å². The van der Waals surface area contributed by atoms with Crippen LogP contribution in [-0.4, -0.2) is 73.9 Å². The number of nitrogens with two attached hydrogens (primary N) is 1. The molecule has 17 heteroatoms. The Balaban J connectivity index is 1.35. The second-order valence-electron chi connectivity index (χ2n) is 16.2. The van der Waals surface area contributed by atoms with Gasteiger partial charge in [-0.1, -0.05) is 50.3 Å². The van der Waals surface area contributed by atoms with E-state index in [0.29, 0.717) is 43.1 Å².